The van der Waals surface area contributed by atoms with Crippen molar-refractivity contribution in [3.63, 3.8) is 0 Å². The first-order valence-electron chi connectivity index (χ1n) is 12.5. The van der Waals surface area contributed by atoms with Crippen LogP contribution in [0.15, 0.2) is 47.5 Å². The maximum Gasteiger partial charge on any atom is 0.396 e. The van der Waals surface area contributed by atoms with Crippen molar-refractivity contribution in [2.24, 2.45) is 0 Å². The zero-order valence-electron chi connectivity index (χ0n) is 22.6. The third kappa shape index (κ3) is 5.86. The number of sulfone groups is 1. The largest absolute Gasteiger partial charge is 0.493 e. The van der Waals surface area contributed by atoms with E-state index in [-0.39, 0.29) is 27.1 Å². The van der Waals surface area contributed by atoms with Gasteiger partial charge < -0.3 is 15.2 Å². The molecule has 1 aromatic heterocycles. The van der Waals surface area contributed by atoms with Gasteiger partial charge in [-0.15, -0.1) is 0 Å². The molecule has 208 valence electrons. The van der Waals surface area contributed by atoms with Crippen LogP contribution in [0, 0.1) is 0 Å². The van der Waals surface area contributed by atoms with Crippen molar-refractivity contribution in [2.75, 3.05) is 30.9 Å². The number of aliphatic hydroxyl groups excluding tert-OH is 1. The van der Waals surface area contributed by atoms with Crippen molar-refractivity contribution in [3.8, 4) is 5.75 Å². The zero-order chi connectivity index (χ0) is 28.5. The number of para-hydroxylation sites is 1. The number of rotatable bonds is 8. The number of anilines is 4. The van der Waals surface area contributed by atoms with E-state index >= 15 is 0 Å². The lowest BCUT2D eigenvalue weighted by molar-refractivity contribution is -0.843. The Morgan fingerprint density at radius 1 is 1.23 bits per heavy atom. The van der Waals surface area contributed by atoms with Crippen LogP contribution < -0.4 is 25.3 Å². The summed E-state index contributed by atoms with van der Waals surface area (Å²) in [6.07, 6.45) is 1.54. The van der Waals surface area contributed by atoms with Crippen molar-refractivity contribution >= 4 is 50.5 Å². The Labute approximate surface area is 233 Å². The number of aromatic nitrogens is 2. The summed E-state index contributed by atoms with van der Waals surface area (Å²) >= 11 is 6.41. The second kappa shape index (κ2) is 11.1. The standard InChI is InChI=1S/C27H32ClN5O5S/c1-16(2)39(36,37)23-9-7-6-8-20(23)30-25-19(28)12-29-26(32-25)31-21-10-17-13-33(24(35)14-34)15-27(3,4)18(17)11-22(21)38-5/h6-12,16,34H,13-15H2,1-5H3,(H2,29,30,31,32)/p+2. The smallest absolute Gasteiger partial charge is 0.396 e. The van der Waals surface area contributed by atoms with Gasteiger partial charge in [0, 0.05) is 11.0 Å². The van der Waals surface area contributed by atoms with Gasteiger partial charge >= 0.3 is 11.9 Å². The molecule has 12 heteroatoms. The lowest BCUT2D eigenvalue weighted by Crippen LogP contribution is -3.16. The molecule has 4 rings (SSSR count). The van der Waals surface area contributed by atoms with E-state index in [4.69, 9.17) is 16.3 Å². The number of carbonyl (C=O) groups is 1. The van der Waals surface area contributed by atoms with E-state index in [0.29, 0.717) is 41.1 Å². The highest BCUT2D eigenvalue weighted by atomic mass is 35.5. The van der Waals surface area contributed by atoms with E-state index in [1.54, 1.807) is 51.4 Å². The van der Waals surface area contributed by atoms with Crippen LogP contribution in [0.25, 0.3) is 0 Å². The molecule has 1 unspecified atom stereocenters. The van der Waals surface area contributed by atoms with E-state index in [2.05, 4.69) is 34.4 Å². The van der Waals surface area contributed by atoms with Crippen molar-refractivity contribution in [3.05, 3.63) is 58.7 Å². The molecule has 0 radical (unpaired) electrons. The summed E-state index contributed by atoms with van der Waals surface area (Å²) in [5, 5.41) is 15.4. The molecule has 1 amide bonds. The van der Waals surface area contributed by atoms with E-state index in [1.807, 2.05) is 12.1 Å². The Morgan fingerprint density at radius 3 is 2.62 bits per heavy atom. The minimum atomic E-state index is -3.55. The Balaban J connectivity index is 1.69. The first-order chi connectivity index (χ1) is 18.4. The molecule has 1 aliphatic heterocycles. The van der Waals surface area contributed by atoms with Crippen molar-refractivity contribution in [1.82, 2.24) is 4.98 Å². The highest BCUT2D eigenvalue weighted by Gasteiger charge is 2.39. The summed E-state index contributed by atoms with van der Waals surface area (Å²) in [6.45, 7) is 7.86. The number of hydrogen-bond donors (Lipinski definition) is 4. The minimum absolute atomic E-state index is 0.156. The molecule has 39 heavy (non-hydrogen) atoms. The number of nitrogens with one attached hydrogen (secondary N) is 4. The van der Waals surface area contributed by atoms with Crippen LogP contribution in [0.5, 0.6) is 5.75 Å². The Kier molecular flexibility index (Phi) is 8.17. The molecule has 5 N–H and O–H groups in total. The summed E-state index contributed by atoms with van der Waals surface area (Å²) in [5.74, 6) is 0.927. The van der Waals surface area contributed by atoms with Gasteiger partial charge in [0.15, 0.2) is 22.2 Å². The molecule has 2 heterocycles. The van der Waals surface area contributed by atoms with Crippen molar-refractivity contribution in [2.45, 2.75) is 49.8 Å². The van der Waals surface area contributed by atoms with Gasteiger partial charge in [-0.1, -0.05) is 42.6 Å². The van der Waals surface area contributed by atoms with Gasteiger partial charge in [0.1, 0.15) is 17.3 Å². The Hall–Kier alpha value is -3.25. The van der Waals surface area contributed by atoms with Crippen molar-refractivity contribution in [1.29, 1.82) is 0 Å². The molecular formula is C27H34ClN5O5S+2. The fourth-order valence-corrected chi connectivity index (χ4v) is 6.12. The number of ether oxygens (including phenoxy) is 1. The van der Waals surface area contributed by atoms with Crippen LogP contribution >= 0.6 is 11.6 Å². The van der Waals surface area contributed by atoms with Gasteiger partial charge in [0.05, 0.1) is 35.7 Å². The van der Waals surface area contributed by atoms with Gasteiger partial charge in [0.2, 0.25) is 5.82 Å². The number of H-pyrrole nitrogens is 1. The number of aromatic amines is 1. The number of benzene rings is 2. The van der Waals surface area contributed by atoms with Gasteiger partial charge in [-0.3, -0.25) is 4.90 Å². The normalized spacial score (nSPS) is 16.5. The highest BCUT2D eigenvalue weighted by Crippen LogP contribution is 2.37. The van der Waals surface area contributed by atoms with E-state index < -0.39 is 21.7 Å². The molecule has 0 saturated carbocycles. The molecule has 0 fully saturated rings. The van der Waals surface area contributed by atoms with Crippen LogP contribution in [0.2, 0.25) is 5.02 Å². The third-order valence-corrected chi connectivity index (χ3v) is 9.36. The molecule has 1 aliphatic rings. The molecule has 10 nitrogen and oxygen atoms in total. The Morgan fingerprint density at radius 2 is 1.95 bits per heavy atom. The maximum absolute atomic E-state index is 12.9. The van der Waals surface area contributed by atoms with Gasteiger partial charge in [0.25, 0.3) is 0 Å². The number of hydrogen-bond acceptors (Lipinski definition) is 8. The predicted molar refractivity (Wildman–Crippen MR) is 149 cm³/mol. The molecule has 1 atom stereocenters. The summed E-state index contributed by atoms with van der Waals surface area (Å²) in [7, 11) is -1.98. The number of fused-ring (bicyclic) bond motifs is 1. The van der Waals surface area contributed by atoms with Crippen LogP contribution in [-0.4, -0.2) is 49.9 Å². The molecule has 3 aromatic rings. The van der Waals surface area contributed by atoms with Crippen LogP contribution in [0.3, 0.4) is 0 Å². The summed E-state index contributed by atoms with van der Waals surface area (Å²) < 4.78 is 31.5. The van der Waals surface area contributed by atoms with E-state index in [0.717, 1.165) is 11.1 Å². The highest BCUT2D eigenvalue weighted by molar-refractivity contribution is 7.92. The molecule has 0 spiro atoms. The molecule has 0 bridgehead atoms. The number of nitrogens with zero attached hydrogens (tertiary/aromatic N) is 1. The monoisotopic (exact) mass is 575 g/mol. The Bertz CT molecular complexity index is 1510. The average Bonchev–Trinajstić information content (AvgIpc) is 2.89. The van der Waals surface area contributed by atoms with Crippen LogP contribution in [-0.2, 0) is 26.6 Å². The van der Waals surface area contributed by atoms with Crippen LogP contribution in [0.4, 0.5) is 23.1 Å². The third-order valence-electron chi connectivity index (χ3n) is 6.86. The maximum atomic E-state index is 12.9. The number of methoxy groups -OCH3 is 1. The summed E-state index contributed by atoms with van der Waals surface area (Å²) in [6, 6.07) is 10.5. The van der Waals surface area contributed by atoms with E-state index in [1.165, 1.54) is 0 Å². The molecule has 0 aliphatic carbocycles. The fourth-order valence-electron chi connectivity index (χ4n) is 4.77. The quantitative estimate of drug-likeness (QED) is 0.321. The lowest BCUT2D eigenvalue weighted by atomic mass is 9.78. The molecule has 0 saturated heterocycles. The molecule has 2 aromatic carbocycles. The predicted octanol–water partition coefficient (Wildman–Crippen LogP) is 2.42. The molecular weight excluding hydrogens is 542 g/mol. The number of aliphatic hydroxyl groups is 1. The van der Waals surface area contributed by atoms with Gasteiger partial charge in [-0.05, 0) is 43.7 Å². The number of quaternary nitrogens is 1. The second-order valence-electron chi connectivity index (χ2n) is 10.4. The number of carbonyl (C=O) groups excluding carboxylic acids is 1. The minimum Gasteiger partial charge on any atom is -0.493 e. The second-order valence-corrected chi connectivity index (χ2v) is 13.3. The van der Waals surface area contributed by atoms with Gasteiger partial charge in [-0.2, -0.15) is 0 Å². The first-order valence-corrected chi connectivity index (χ1v) is 14.4. The SMILES string of the molecule is COc1cc2c(cc1Nc1nc(Nc3ccccc3S(=O)(=O)C(C)C)c(Cl)c[nH+]1)C[NH+](C(=O)CO)CC2(C)C. The fraction of sp³-hybridized carbons (Fsp3) is 0.370. The topological polar surface area (TPSA) is 136 Å². The summed E-state index contributed by atoms with van der Waals surface area (Å²) in [4.78, 5) is 20.7. The van der Waals surface area contributed by atoms with Gasteiger partial charge in [-0.25, -0.2) is 23.5 Å². The first kappa shape index (κ1) is 28.8. The lowest BCUT2D eigenvalue weighted by Gasteiger charge is -2.36. The summed E-state index contributed by atoms with van der Waals surface area (Å²) in [5.41, 5.74) is 2.68. The zero-order valence-corrected chi connectivity index (χ0v) is 24.1. The number of halogens is 1. The van der Waals surface area contributed by atoms with E-state index in [9.17, 15) is 18.3 Å². The number of amides is 1. The van der Waals surface area contributed by atoms with Crippen LogP contribution in [0.1, 0.15) is 38.8 Å². The average molecular weight is 576 g/mol. The van der Waals surface area contributed by atoms with Crippen molar-refractivity contribution < 1.29 is 32.9 Å².